The summed E-state index contributed by atoms with van der Waals surface area (Å²) >= 11 is 0. The lowest BCUT2D eigenvalue weighted by Gasteiger charge is -2.17. The van der Waals surface area contributed by atoms with Crippen LogP contribution in [0.15, 0.2) is 24.3 Å². The first kappa shape index (κ1) is 13.5. The molecular weight excluding hydrogens is 244 g/mol. The number of methoxy groups -OCH3 is 1. The smallest absolute Gasteiger partial charge is 0.337 e. The number of hydrogen-bond donors (Lipinski definition) is 2. The van der Waals surface area contributed by atoms with E-state index in [0.29, 0.717) is 5.56 Å². The Kier molecular flexibility index (Phi) is 3.57. The van der Waals surface area contributed by atoms with Crippen LogP contribution in [0.25, 0.3) is 0 Å². The number of carbonyl (C=O) groups excluding carboxylic acids is 2. The summed E-state index contributed by atoms with van der Waals surface area (Å²) < 4.78 is 4.63. The molecule has 0 radical (unpaired) electrons. The summed E-state index contributed by atoms with van der Waals surface area (Å²) in [5, 5.41) is 2.88. The van der Waals surface area contributed by atoms with E-state index in [4.69, 9.17) is 5.73 Å². The minimum absolute atomic E-state index is 0.114. The highest BCUT2D eigenvalue weighted by Gasteiger charge is 2.46. The maximum Gasteiger partial charge on any atom is 0.337 e. The average Bonchev–Trinajstić information content (AvgIpc) is 3.17. The van der Waals surface area contributed by atoms with E-state index in [1.165, 1.54) is 7.11 Å². The zero-order chi connectivity index (χ0) is 14.0. The van der Waals surface area contributed by atoms with Gasteiger partial charge >= 0.3 is 5.97 Å². The van der Waals surface area contributed by atoms with Crippen molar-refractivity contribution in [3.05, 3.63) is 35.4 Å². The van der Waals surface area contributed by atoms with Crippen molar-refractivity contribution in [2.45, 2.75) is 31.3 Å². The van der Waals surface area contributed by atoms with Gasteiger partial charge in [0.15, 0.2) is 0 Å². The van der Waals surface area contributed by atoms with Gasteiger partial charge in [-0.15, -0.1) is 0 Å². The molecule has 1 unspecified atom stereocenters. The Morgan fingerprint density at radius 1 is 1.32 bits per heavy atom. The molecule has 0 saturated heterocycles. The van der Waals surface area contributed by atoms with Crippen molar-refractivity contribution in [3.8, 4) is 0 Å². The van der Waals surface area contributed by atoms with Gasteiger partial charge in [0.05, 0.1) is 24.3 Å². The Hall–Kier alpha value is -1.88. The lowest BCUT2D eigenvalue weighted by atomic mass is 10.1. The Balaban J connectivity index is 2.01. The van der Waals surface area contributed by atoms with Crippen LogP contribution >= 0.6 is 0 Å². The first-order valence-corrected chi connectivity index (χ1v) is 6.24. The molecular formula is C14H18N2O3. The summed E-state index contributed by atoms with van der Waals surface area (Å²) in [5.74, 6) is -0.487. The lowest BCUT2D eigenvalue weighted by molar-refractivity contribution is -0.123. The maximum absolute atomic E-state index is 11.8. The van der Waals surface area contributed by atoms with Gasteiger partial charge in [-0.2, -0.15) is 0 Å². The van der Waals surface area contributed by atoms with Crippen LogP contribution in [0.3, 0.4) is 0 Å². The zero-order valence-corrected chi connectivity index (χ0v) is 11.1. The maximum atomic E-state index is 11.8. The first-order valence-electron chi connectivity index (χ1n) is 6.24. The van der Waals surface area contributed by atoms with Crippen LogP contribution < -0.4 is 11.1 Å². The van der Waals surface area contributed by atoms with E-state index >= 15 is 0 Å². The van der Waals surface area contributed by atoms with E-state index in [0.717, 1.165) is 18.4 Å². The molecule has 0 aromatic heterocycles. The highest BCUT2D eigenvalue weighted by molar-refractivity contribution is 5.90. The van der Waals surface area contributed by atoms with Crippen LogP contribution in [0, 0.1) is 0 Å². The van der Waals surface area contributed by atoms with Crippen LogP contribution in [0.5, 0.6) is 0 Å². The van der Waals surface area contributed by atoms with Gasteiger partial charge in [-0.1, -0.05) is 12.1 Å². The third kappa shape index (κ3) is 2.93. The largest absolute Gasteiger partial charge is 0.465 e. The molecule has 1 aromatic carbocycles. The summed E-state index contributed by atoms with van der Waals surface area (Å²) in [6.45, 7) is 1.89. The summed E-state index contributed by atoms with van der Waals surface area (Å²) in [5.41, 5.74) is 6.57. The van der Waals surface area contributed by atoms with Gasteiger partial charge in [-0.05, 0) is 37.5 Å². The molecule has 1 aromatic rings. The van der Waals surface area contributed by atoms with E-state index < -0.39 is 5.54 Å². The van der Waals surface area contributed by atoms with Crippen LogP contribution in [-0.2, 0) is 9.53 Å². The molecule has 1 atom stereocenters. The van der Waals surface area contributed by atoms with Gasteiger partial charge in [-0.3, -0.25) is 4.79 Å². The SMILES string of the molecule is COC(=O)c1ccc(C(C)NC(=O)C2(N)CC2)cc1. The molecule has 1 aliphatic carbocycles. The first-order chi connectivity index (χ1) is 8.96. The monoisotopic (exact) mass is 262 g/mol. The molecule has 102 valence electrons. The summed E-state index contributed by atoms with van der Waals surface area (Å²) in [7, 11) is 1.34. The summed E-state index contributed by atoms with van der Waals surface area (Å²) in [6, 6.07) is 6.82. The number of ether oxygens (including phenoxy) is 1. The highest BCUT2D eigenvalue weighted by Crippen LogP contribution is 2.32. The Bertz CT molecular complexity index is 492. The third-order valence-corrected chi connectivity index (χ3v) is 3.42. The number of nitrogens with two attached hydrogens (primary N) is 1. The number of hydrogen-bond acceptors (Lipinski definition) is 4. The second kappa shape index (κ2) is 5.01. The predicted octanol–water partition coefficient (Wildman–Crippen LogP) is 1.14. The van der Waals surface area contributed by atoms with Gasteiger partial charge in [0.1, 0.15) is 0 Å². The number of benzene rings is 1. The molecule has 1 amide bonds. The molecule has 0 heterocycles. The molecule has 5 heteroatoms. The van der Waals surface area contributed by atoms with Crippen LogP contribution in [0.2, 0.25) is 0 Å². The predicted molar refractivity (Wildman–Crippen MR) is 70.5 cm³/mol. The van der Waals surface area contributed by atoms with E-state index in [-0.39, 0.29) is 17.9 Å². The zero-order valence-electron chi connectivity index (χ0n) is 11.1. The molecule has 2 rings (SSSR count). The normalized spacial score (nSPS) is 17.4. The molecule has 3 N–H and O–H groups in total. The van der Waals surface area contributed by atoms with Crippen molar-refractivity contribution in [1.29, 1.82) is 0 Å². The lowest BCUT2D eigenvalue weighted by Crippen LogP contribution is -2.43. The Morgan fingerprint density at radius 2 is 1.89 bits per heavy atom. The van der Waals surface area contributed by atoms with Crippen molar-refractivity contribution in [2.24, 2.45) is 5.73 Å². The number of nitrogens with one attached hydrogen (secondary N) is 1. The number of esters is 1. The summed E-state index contributed by atoms with van der Waals surface area (Å²) in [6.07, 6.45) is 1.49. The van der Waals surface area contributed by atoms with Crippen molar-refractivity contribution < 1.29 is 14.3 Å². The van der Waals surface area contributed by atoms with Crippen molar-refractivity contribution >= 4 is 11.9 Å². The van der Waals surface area contributed by atoms with Crippen LogP contribution in [-0.4, -0.2) is 24.5 Å². The molecule has 19 heavy (non-hydrogen) atoms. The van der Waals surface area contributed by atoms with E-state index in [1.807, 2.05) is 6.92 Å². The topological polar surface area (TPSA) is 81.4 Å². The van der Waals surface area contributed by atoms with Gasteiger partial charge in [0.2, 0.25) is 5.91 Å². The fourth-order valence-electron chi connectivity index (χ4n) is 1.81. The molecule has 0 aliphatic heterocycles. The quantitative estimate of drug-likeness (QED) is 0.797. The fourth-order valence-corrected chi connectivity index (χ4v) is 1.81. The molecule has 1 saturated carbocycles. The van der Waals surface area contributed by atoms with E-state index in [2.05, 4.69) is 10.1 Å². The van der Waals surface area contributed by atoms with Gasteiger partial charge in [0.25, 0.3) is 0 Å². The average molecular weight is 262 g/mol. The van der Waals surface area contributed by atoms with Crippen molar-refractivity contribution in [2.75, 3.05) is 7.11 Å². The molecule has 1 aliphatic rings. The molecule has 0 spiro atoms. The fraction of sp³-hybridized carbons (Fsp3) is 0.429. The van der Waals surface area contributed by atoms with Gasteiger partial charge < -0.3 is 15.8 Å². The van der Waals surface area contributed by atoms with E-state index in [9.17, 15) is 9.59 Å². The minimum atomic E-state index is -0.666. The summed E-state index contributed by atoms with van der Waals surface area (Å²) in [4.78, 5) is 23.1. The van der Waals surface area contributed by atoms with Gasteiger partial charge in [0, 0.05) is 0 Å². The standard InChI is InChI=1S/C14H18N2O3/c1-9(16-13(18)14(15)7-8-14)10-3-5-11(6-4-10)12(17)19-2/h3-6,9H,7-8,15H2,1-2H3,(H,16,18). The number of carbonyl (C=O) groups is 2. The minimum Gasteiger partial charge on any atom is -0.465 e. The number of rotatable bonds is 4. The van der Waals surface area contributed by atoms with Crippen molar-refractivity contribution in [3.63, 3.8) is 0 Å². The third-order valence-electron chi connectivity index (χ3n) is 3.42. The van der Waals surface area contributed by atoms with Crippen LogP contribution in [0.1, 0.15) is 41.7 Å². The molecule has 0 bridgehead atoms. The highest BCUT2D eigenvalue weighted by atomic mass is 16.5. The Morgan fingerprint density at radius 3 is 2.37 bits per heavy atom. The molecule has 5 nitrogen and oxygen atoms in total. The van der Waals surface area contributed by atoms with Gasteiger partial charge in [-0.25, -0.2) is 4.79 Å². The van der Waals surface area contributed by atoms with Crippen molar-refractivity contribution in [1.82, 2.24) is 5.32 Å². The second-order valence-corrected chi connectivity index (χ2v) is 4.96. The number of amides is 1. The second-order valence-electron chi connectivity index (χ2n) is 4.96. The molecule has 1 fully saturated rings. The van der Waals surface area contributed by atoms with Crippen LogP contribution in [0.4, 0.5) is 0 Å². The Labute approximate surface area is 112 Å². The van der Waals surface area contributed by atoms with E-state index in [1.54, 1.807) is 24.3 Å².